The van der Waals surface area contributed by atoms with Gasteiger partial charge < -0.3 is 9.67 Å². The summed E-state index contributed by atoms with van der Waals surface area (Å²) in [5.74, 6) is 1.54. The predicted molar refractivity (Wildman–Crippen MR) is 70.3 cm³/mol. The molecule has 0 aliphatic carbocycles. The number of aryl methyl sites for hydroxylation is 1. The second-order valence-electron chi connectivity index (χ2n) is 4.76. The molecule has 0 saturated carbocycles. The maximum absolute atomic E-state index is 9.28. The number of aromatic nitrogens is 3. The van der Waals surface area contributed by atoms with Crippen LogP contribution in [0.3, 0.4) is 0 Å². The van der Waals surface area contributed by atoms with E-state index in [4.69, 9.17) is 0 Å². The third-order valence-electron chi connectivity index (χ3n) is 3.10. The first kappa shape index (κ1) is 12.8. The van der Waals surface area contributed by atoms with E-state index in [-0.39, 0.29) is 12.6 Å². The van der Waals surface area contributed by atoms with Gasteiger partial charge >= 0.3 is 0 Å². The zero-order valence-electron chi connectivity index (χ0n) is 11.1. The van der Waals surface area contributed by atoms with Crippen LogP contribution in [0.15, 0.2) is 24.3 Å². The molecule has 1 aromatic carbocycles. The molecule has 0 saturated heterocycles. The zero-order valence-corrected chi connectivity index (χ0v) is 11.1. The molecule has 1 N–H and O–H groups in total. The van der Waals surface area contributed by atoms with Gasteiger partial charge in [0.25, 0.3) is 0 Å². The molecular formula is C14H19N3O. The van der Waals surface area contributed by atoms with Crippen LogP contribution < -0.4 is 0 Å². The average Bonchev–Trinajstić information content (AvgIpc) is 2.75. The van der Waals surface area contributed by atoms with E-state index in [2.05, 4.69) is 43.1 Å². The number of nitrogens with zero attached hydrogens (tertiary/aromatic N) is 3. The summed E-state index contributed by atoms with van der Waals surface area (Å²) in [6.07, 6.45) is 0.748. The fourth-order valence-corrected chi connectivity index (χ4v) is 2.16. The standard InChI is InChI=1S/C14H19N3O/c1-10(2)17-13(15-16-14(17)9-18)8-12-7-5-4-6-11(12)3/h4-7,10,18H,8-9H2,1-3H3. The van der Waals surface area contributed by atoms with Crippen molar-refractivity contribution < 1.29 is 5.11 Å². The van der Waals surface area contributed by atoms with Gasteiger partial charge in [-0.3, -0.25) is 0 Å². The Morgan fingerprint density at radius 3 is 2.44 bits per heavy atom. The molecule has 2 aromatic rings. The minimum absolute atomic E-state index is 0.0705. The lowest BCUT2D eigenvalue weighted by Crippen LogP contribution is -2.11. The van der Waals surface area contributed by atoms with Crippen molar-refractivity contribution in [1.29, 1.82) is 0 Å². The minimum Gasteiger partial charge on any atom is -0.388 e. The number of rotatable bonds is 4. The van der Waals surface area contributed by atoms with Crippen LogP contribution in [-0.4, -0.2) is 19.9 Å². The topological polar surface area (TPSA) is 50.9 Å². The molecule has 4 nitrogen and oxygen atoms in total. The maximum Gasteiger partial charge on any atom is 0.159 e. The van der Waals surface area contributed by atoms with Gasteiger partial charge in [0.2, 0.25) is 0 Å². The summed E-state index contributed by atoms with van der Waals surface area (Å²) < 4.78 is 2.01. The molecule has 4 heteroatoms. The smallest absolute Gasteiger partial charge is 0.159 e. The quantitative estimate of drug-likeness (QED) is 0.898. The summed E-state index contributed by atoms with van der Waals surface area (Å²) >= 11 is 0. The van der Waals surface area contributed by atoms with Crippen LogP contribution in [-0.2, 0) is 13.0 Å². The van der Waals surface area contributed by atoms with E-state index >= 15 is 0 Å². The molecule has 0 fully saturated rings. The summed E-state index contributed by atoms with van der Waals surface area (Å²) in [7, 11) is 0. The van der Waals surface area contributed by atoms with Crippen molar-refractivity contribution in [3.63, 3.8) is 0 Å². The normalized spacial score (nSPS) is 11.2. The fraction of sp³-hybridized carbons (Fsp3) is 0.429. The molecule has 0 atom stereocenters. The van der Waals surface area contributed by atoms with Gasteiger partial charge in [0.05, 0.1) is 0 Å². The number of hydrogen-bond donors (Lipinski definition) is 1. The van der Waals surface area contributed by atoms with E-state index in [1.54, 1.807) is 0 Å². The lowest BCUT2D eigenvalue weighted by molar-refractivity contribution is 0.261. The van der Waals surface area contributed by atoms with Crippen LogP contribution in [0.25, 0.3) is 0 Å². The second kappa shape index (κ2) is 5.31. The minimum atomic E-state index is -0.0705. The Bertz CT molecular complexity index is 532. The Morgan fingerprint density at radius 2 is 1.83 bits per heavy atom. The molecule has 2 rings (SSSR count). The van der Waals surface area contributed by atoms with Crippen LogP contribution in [0.2, 0.25) is 0 Å². The largest absolute Gasteiger partial charge is 0.388 e. The Morgan fingerprint density at radius 1 is 1.17 bits per heavy atom. The molecule has 0 unspecified atom stereocenters. The van der Waals surface area contributed by atoms with Crippen LogP contribution in [0.1, 0.15) is 42.7 Å². The molecule has 0 bridgehead atoms. The van der Waals surface area contributed by atoms with Crippen molar-refractivity contribution in [2.24, 2.45) is 0 Å². The lowest BCUT2D eigenvalue weighted by Gasteiger charge is -2.13. The van der Waals surface area contributed by atoms with Crippen molar-refractivity contribution in [2.75, 3.05) is 0 Å². The third kappa shape index (κ3) is 2.43. The molecule has 1 heterocycles. The highest BCUT2D eigenvalue weighted by Gasteiger charge is 2.14. The Kier molecular flexibility index (Phi) is 3.77. The molecule has 1 aromatic heterocycles. The van der Waals surface area contributed by atoms with E-state index in [1.165, 1.54) is 11.1 Å². The molecule has 0 aliphatic heterocycles. The summed E-state index contributed by atoms with van der Waals surface area (Å²) in [6, 6.07) is 8.52. The highest BCUT2D eigenvalue weighted by molar-refractivity contribution is 5.28. The number of aliphatic hydroxyl groups is 1. The summed E-state index contributed by atoms with van der Waals surface area (Å²) in [5.41, 5.74) is 2.50. The number of aliphatic hydroxyl groups excluding tert-OH is 1. The van der Waals surface area contributed by atoms with Gasteiger partial charge in [-0.2, -0.15) is 0 Å². The van der Waals surface area contributed by atoms with Crippen molar-refractivity contribution in [1.82, 2.24) is 14.8 Å². The van der Waals surface area contributed by atoms with E-state index in [0.29, 0.717) is 5.82 Å². The SMILES string of the molecule is Cc1ccccc1Cc1nnc(CO)n1C(C)C. The second-order valence-corrected chi connectivity index (χ2v) is 4.76. The predicted octanol–water partition coefficient (Wildman–Crippen LogP) is 2.25. The summed E-state index contributed by atoms with van der Waals surface area (Å²) in [4.78, 5) is 0. The first-order valence-electron chi connectivity index (χ1n) is 6.21. The van der Waals surface area contributed by atoms with Crippen LogP contribution in [0.4, 0.5) is 0 Å². The van der Waals surface area contributed by atoms with Crippen molar-refractivity contribution in [3.8, 4) is 0 Å². The molecule has 96 valence electrons. The first-order chi connectivity index (χ1) is 8.63. The summed E-state index contributed by atoms with van der Waals surface area (Å²) in [6.45, 7) is 6.17. The van der Waals surface area contributed by atoms with Gasteiger partial charge in [0, 0.05) is 12.5 Å². The fourth-order valence-electron chi connectivity index (χ4n) is 2.16. The van der Waals surface area contributed by atoms with Gasteiger partial charge in [0.15, 0.2) is 5.82 Å². The highest BCUT2D eigenvalue weighted by Crippen LogP contribution is 2.17. The Hall–Kier alpha value is -1.68. The van der Waals surface area contributed by atoms with Gasteiger partial charge in [-0.1, -0.05) is 24.3 Å². The van der Waals surface area contributed by atoms with Crippen LogP contribution >= 0.6 is 0 Å². The average molecular weight is 245 g/mol. The van der Waals surface area contributed by atoms with E-state index in [0.717, 1.165) is 12.2 Å². The molecule has 0 aliphatic rings. The number of benzene rings is 1. The molecule has 0 amide bonds. The van der Waals surface area contributed by atoms with Crippen molar-refractivity contribution in [2.45, 2.75) is 39.8 Å². The van der Waals surface area contributed by atoms with Crippen molar-refractivity contribution >= 4 is 0 Å². The summed E-state index contributed by atoms with van der Waals surface area (Å²) in [5, 5.41) is 17.5. The van der Waals surface area contributed by atoms with Gasteiger partial charge in [-0.15, -0.1) is 10.2 Å². The van der Waals surface area contributed by atoms with Crippen molar-refractivity contribution in [3.05, 3.63) is 47.0 Å². The van der Waals surface area contributed by atoms with E-state index in [1.807, 2.05) is 16.7 Å². The Labute approximate surface area is 107 Å². The molecule has 0 radical (unpaired) electrons. The van der Waals surface area contributed by atoms with Gasteiger partial charge in [0.1, 0.15) is 12.4 Å². The number of hydrogen-bond acceptors (Lipinski definition) is 3. The molecular weight excluding hydrogens is 226 g/mol. The highest BCUT2D eigenvalue weighted by atomic mass is 16.3. The van der Waals surface area contributed by atoms with Crippen LogP contribution in [0.5, 0.6) is 0 Å². The zero-order chi connectivity index (χ0) is 13.1. The molecule has 18 heavy (non-hydrogen) atoms. The van der Waals surface area contributed by atoms with Gasteiger partial charge in [-0.05, 0) is 31.9 Å². The van der Waals surface area contributed by atoms with E-state index < -0.39 is 0 Å². The van der Waals surface area contributed by atoms with Crippen LogP contribution in [0, 0.1) is 6.92 Å². The monoisotopic (exact) mass is 245 g/mol. The van der Waals surface area contributed by atoms with E-state index in [9.17, 15) is 5.11 Å². The molecule has 0 spiro atoms. The first-order valence-corrected chi connectivity index (χ1v) is 6.21. The lowest BCUT2D eigenvalue weighted by atomic mass is 10.1. The maximum atomic E-state index is 9.28. The third-order valence-corrected chi connectivity index (χ3v) is 3.10. The Balaban J connectivity index is 2.35. The van der Waals surface area contributed by atoms with Gasteiger partial charge in [-0.25, -0.2) is 0 Å².